The predicted molar refractivity (Wildman–Crippen MR) is 118 cm³/mol. The van der Waals surface area contributed by atoms with Gasteiger partial charge in [-0.3, -0.25) is 9.09 Å². The van der Waals surface area contributed by atoms with Crippen LogP contribution in [0.1, 0.15) is 12.6 Å². The summed E-state index contributed by atoms with van der Waals surface area (Å²) in [5.41, 5.74) is 0.394. The van der Waals surface area contributed by atoms with Crippen molar-refractivity contribution < 1.29 is 47.0 Å². The van der Waals surface area contributed by atoms with Crippen molar-refractivity contribution in [2.75, 3.05) is 36.2 Å². The van der Waals surface area contributed by atoms with Crippen LogP contribution in [0.15, 0.2) is 11.5 Å². The highest BCUT2D eigenvalue weighted by Gasteiger charge is 2.45. The lowest BCUT2D eigenvalue weighted by Gasteiger charge is -2.17. The Morgan fingerprint density at radius 3 is 2.65 bits per heavy atom. The molecule has 12 nitrogen and oxygen atoms in total. The number of phosphoric ester groups is 1. The molecule has 3 rings (SSSR count). The second-order valence-electron chi connectivity index (χ2n) is 7.14. The standard InChI is InChI=1S/C16H23F3N5O7PS2/c1-33-5-3-20-12-9-13(23-15(22-12)34-4-2-16(17,18)19)24(7-21-9)14-11(26)10(25)8(31-14)6-30-32(27,28)29/h7-8,10-11,14,25-26H,2-6H2,1H3,(H,20,22,23)(H2,27,28,29)/t8?,10-,11-,14-/m1/s1. The number of halogens is 3. The van der Waals surface area contributed by atoms with Gasteiger partial charge in [0.1, 0.15) is 18.3 Å². The molecule has 1 unspecified atom stereocenters. The molecule has 0 amide bonds. The van der Waals surface area contributed by atoms with Gasteiger partial charge in [0.05, 0.1) is 19.4 Å². The Labute approximate surface area is 199 Å². The molecule has 18 heteroatoms. The normalized spacial score (nSPS) is 23.6. The third-order valence-corrected chi connectivity index (χ3v) is 6.58. The van der Waals surface area contributed by atoms with Gasteiger partial charge < -0.3 is 30.1 Å². The van der Waals surface area contributed by atoms with Gasteiger partial charge in [0.25, 0.3) is 0 Å². The van der Waals surface area contributed by atoms with E-state index in [9.17, 15) is 27.9 Å². The Kier molecular flexibility index (Phi) is 9.08. The number of hydrogen-bond acceptors (Lipinski definition) is 11. The molecule has 0 aliphatic carbocycles. The van der Waals surface area contributed by atoms with E-state index in [0.717, 1.165) is 17.5 Å². The summed E-state index contributed by atoms with van der Waals surface area (Å²) in [6.07, 6.45) is -7.81. The molecule has 0 saturated carbocycles. The third kappa shape index (κ3) is 7.18. The SMILES string of the molecule is CSCCNc1nc(SCCC(F)(F)F)nc2c1ncn2[C@@H]1OC(COP(=O)(O)O)[C@@H](O)[C@H]1O. The van der Waals surface area contributed by atoms with E-state index >= 15 is 0 Å². The fraction of sp³-hybridized carbons (Fsp3) is 0.688. The molecule has 0 spiro atoms. The number of ether oxygens (including phenoxy) is 1. The van der Waals surface area contributed by atoms with Gasteiger partial charge in [0.2, 0.25) is 0 Å². The quantitative estimate of drug-likeness (QED) is 0.118. The average Bonchev–Trinajstić information content (AvgIpc) is 3.27. The largest absolute Gasteiger partial charge is 0.469 e. The number of nitrogens with one attached hydrogen (secondary N) is 1. The number of aliphatic hydroxyl groups is 2. The van der Waals surface area contributed by atoms with Gasteiger partial charge in [-0.05, 0) is 6.26 Å². The molecule has 1 saturated heterocycles. The molecule has 2 aromatic rings. The van der Waals surface area contributed by atoms with E-state index < -0.39 is 51.6 Å². The first-order valence-corrected chi connectivity index (χ1v) is 13.7. The highest BCUT2D eigenvalue weighted by molar-refractivity contribution is 7.99. The first-order valence-electron chi connectivity index (χ1n) is 9.78. The van der Waals surface area contributed by atoms with Gasteiger partial charge >= 0.3 is 14.0 Å². The molecule has 34 heavy (non-hydrogen) atoms. The number of phosphoric acid groups is 1. The van der Waals surface area contributed by atoms with E-state index in [2.05, 4.69) is 24.8 Å². The van der Waals surface area contributed by atoms with Crippen LogP contribution in [0.5, 0.6) is 0 Å². The fourth-order valence-corrected chi connectivity index (χ4v) is 4.54. The molecule has 1 fully saturated rings. The molecule has 4 atom stereocenters. The number of nitrogens with zero attached hydrogens (tertiary/aromatic N) is 4. The van der Waals surface area contributed by atoms with Crippen molar-refractivity contribution in [3.05, 3.63) is 6.33 Å². The van der Waals surface area contributed by atoms with Crippen molar-refractivity contribution in [2.45, 2.75) is 42.3 Å². The summed E-state index contributed by atoms with van der Waals surface area (Å²) in [6, 6.07) is 0. The van der Waals surface area contributed by atoms with Crippen LogP contribution < -0.4 is 5.32 Å². The molecular weight excluding hydrogens is 526 g/mol. The molecule has 0 radical (unpaired) electrons. The number of rotatable bonds is 11. The first kappa shape index (κ1) is 27.4. The van der Waals surface area contributed by atoms with E-state index in [-0.39, 0.29) is 27.9 Å². The van der Waals surface area contributed by atoms with E-state index in [1.54, 1.807) is 11.8 Å². The lowest BCUT2D eigenvalue weighted by atomic mass is 10.1. The van der Waals surface area contributed by atoms with Crippen molar-refractivity contribution in [3.8, 4) is 0 Å². The highest BCUT2D eigenvalue weighted by Crippen LogP contribution is 2.39. The Hall–Kier alpha value is -1.17. The number of anilines is 1. The molecule has 3 heterocycles. The van der Waals surface area contributed by atoms with Crippen molar-refractivity contribution in [3.63, 3.8) is 0 Å². The predicted octanol–water partition coefficient (Wildman–Crippen LogP) is 1.37. The Morgan fingerprint density at radius 2 is 2.00 bits per heavy atom. The van der Waals surface area contributed by atoms with Crippen LogP contribution in [-0.4, -0.2) is 94.9 Å². The smallest absolute Gasteiger partial charge is 0.387 e. The maximum absolute atomic E-state index is 12.6. The Bertz CT molecular complexity index is 1030. The topological polar surface area (TPSA) is 172 Å². The minimum Gasteiger partial charge on any atom is -0.387 e. The second kappa shape index (κ2) is 11.3. The molecule has 2 aromatic heterocycles. The van der Waals surface area contributed by atoms with Gasteiger partial charge in [0, 0.05) is 18.1 Å². The summed E-state index contributed by atoms with van der Waals surface area (Å²) in [6.45, 7) is -0.198. The fourth-order valence-electron chi connectivity index (χ4n) is 3.07. The maximum atomic E-state index is 12.6. The maximum Gasteiger partial charge on any atom is 0.469 e. The van der Waals surface area contributed by atoms with Crippen LogP contribution in [0.25, 0.3) is 11.2 Å². The molecule has 1 aliphatic rings. The number of aliphatic hydroxyl groups excluding tert-OH is 2. The summed E-state index contributed by atoms with van der Waals surface area (Å²) in [4.78, 5) is 30.5. The lowest BCUT2D eigenvalue weighted by molar-refractivity contribution is -0.129. The highest BCUT2D eigenvalue weighted by atomic mass is 32.2. The summed E-state index contributed by atoms with van der Waals surface area (Å²) in [5.74, 6) is 0.693. The first-order chi connectivity index (χ1) is 15.9. The van der Waals surface area contributed by atoms with Gasteiger partial charge in [-0.1, -0.05) is 11.8 Å². The van der Waals surface area contributed by atoms with Crippen molar-refractivity contribution in [1.82, 2.24) is 19.5 Å². The molecule has 192 valence electrons. The summed E-state index contributed by atoms with van der Waals surface area (Å²) < 4.78 is 59.8. The zero-order valence-electron chi connectivity index (χ0n) is 17.6. The third-order valence-electron chi connectivity index (χ3n) is 4.63. The number of aromatic nitrogens is 4. The average molecular weight is 549 g/mol. The second-order valence-corrected chi connectivity index (χ2v) is 10.4. The van der Waals surface area contributed by atoms with Crippen LogP contribution in [0.4, 0.5) is 19.0 Å². The van der Waals surface area contributed by atoms with Gasteiger partial charge in [-0.15, -0.1) is 0 Å². The van der Waals surface area contributed by atoms with E-state index in [1.165, 1.54) is 10.9 Å². The van der Waals surface area contributed by atoms with Gasteiger partial charge in [0.15, 0.2) is 28.4 Å². The van der Waals surface area contributed by atoms with E-state index in [4.69, 9.17) is 14.5 Å². The van der Waals surface area contributed by atoms with Crippen LogP contribution in [0.2, 0.25) is 0 Å². The minimum absolute atomic E-state index is 0.0413. The van der Waals surface area contributed by atoms with Crippen molar-refractivity contribution in [2.24, 2.45) is 0 Å². The van der Waals surface area contributed by atoms with E-state index in [0.29, 0.717) is 6.54 Å². The number of alkyl halides is 3. The van der Waals surface area contributed by atoms with Crippen molar-refractivity contribution in [1.29, 1.82) is 0 Å². The van der Waals surface area contributed by atoms with E-state index in [1.807, 2.05) is 6.26 Å². The van der Waals surface area contributed by atoms with Crippen molar-refractivity contribution >= 4 is 48.3 Å². The minimum atomic E-state index is -4.84. The molecule has 0 aromatic carbocycles. The van der Waals surface area contributed by atoms with Crippen LogP contribution in [0.3, 0.4) is 0 Å². The summed E-state index contributed by atoms with van der Waals surface area (Å²) in [5, 5.41) is 23.8. The number of hydrogen-bond donors (Lipinski definition) is 5. The van der Waals surface area contributed by atoms with Gasteiger partial charge in [-0.25, -0.2) is 19.5 Å². The Morgan fingerprint density at radius 1 is 1.26 bits per heavy atom. The lowest BCUT2D eigenvalue weighted by Crippen LogP contribution is -2.33. The van der Waals surface area contributed by atoms with Crippen LogP contribution in [-0.2, 0) is 13.8 Å². The van der Waals surface area contributed by atoms with Crippen LogP contribution >= 0.6 is 31.3 Å². The molecule has 0 bridgehead atoms. The molecule has 1 aliphatic heterocycles. The van der Waals surface area contributed by atoms with Crippen LogP contribution in [0, 0.1) is 0 Å². The monoisotopic (exact) mass is 549 g/mol. The number of thioether (sulfide) groups is 2. The van der Waals surface area contributed by atoms with Gasteiger partial charge in [-0.2, -0.15) is 24.9 Å². The number of fused-ring (bicyclic) bond motifs is 1. The molecule has 5 N–H and O–H groups in total. The molecular formula is C16H23F3N5O7PS2. The summed E-state index contributed by atoms with van der Waals surface area (Å²) in [7, 11) is -4.84. The zero-order chi connectivity index (χ0) is 25.1. The Balaban J connectivity index is 1.89. The zero-order valence-corrected chi connectivity index (χ0v) is 20.1. The number of imidazole rings is 1. The summed E-state index contributed by atoms with van der Waals surface area (Å²) >= 11 is 2.36.